The number of nitrogens with two attached hydrogens (primary N) is 1. The van der Waals surface area contributed by atoms with Crippen molar-refractivity contribution in [2.75, 3.05) is 12.4 Å². The van der Waals surface area contributed by atoms with Gasteiger partial charge in [-0.3, -0.25) is 9.59 Å². The Morgan fingerprint density at radius 3 is 2.45 bits per heavy atom. The zero-order chi connectivity index (χ0) is 22.6. The van der Waals surface area contributed by atoms with Gasteiger partial charge in [0.15, 0.2) is 6.61 Å². The van der Waals surface area contributed by atoms with E-state index in [4.69, 9.17) is 15.7 Å². The van der Waals surface area contributed by atoms with Gasteiger partial charge in [0, 0.05) is 16.6 Å². The lowest BCUT2D eigenvalue weighted by Gasteiger charge is -2.21. The highest BCUT2D eigenvalue weighted by Gasteiger charge is 2.19. The van der Waals surface area contributed by atoms with Crippen molar-refractivity contribution >= 4 is 29.4 Å². The summed E-state index contributed by atoms with van der Waals surface area (Å²) in [5.41, 5.74) is 5.62. The fourth-order valence-corrected chi connectivity index (χ4v) is 4.28. The third-order valence-electron chi connectivity index (χ3n) is 5.06. The Morgan fingerprint density at radius 1 is 1.16 bits per heavy atom. The van der Waals surface area contributed by atoms with Gasteiger partial charge in [0.25, 0.3) is 0 Å². The lowest BCUT2D eigenvalue weighted by Crippen LogP contribution is -2.36. The van der Waals surface area contributed by atoms with Crippen LogP contribution in [0.5, 0.6) is 0 Å². The number of allylic oxidation sites excluding steroid dienone is 1. The molecule has 3 N–H and O–H groups in total. The zero-order valence-corrected chi connectivity index (χ0v) is 18.6. The molecule has 0 aromatic heterocycles. The van der Waals surface area contributed by atoms with Crippen LogP contribution < -0.4 is 11.1 Å². The third-order valence-corrected chi connectivity index (χ3v) is 6.13. The molecule has 1 fully saturated rings. The number of benzene rings is 1. The summed E-state index contributed by atoms with van der Waals surface area (Å²) >= 11 is 1.25. The predicted octanol–water partition coefficient (Wildman–Crippen LogP) is 3.49. The predicted molar refractivity (Wildman–Crippen MR) is 119 cm³/mol. The number of nitriles is 1. The van der Waals surface area contributed by atoms with Gasteiger partial charge in [-0.15, -0.1) is 11.8 Å². The number of thioether (sulfide) groups is 1. The average molecular weight is 444 g/mol. The van der Waals surface area contributed by atoms with Crippen molar-refractivity contribution in [1.29, 1.82) is 5.26 Å². The molecule has 0 bridgehead atoms. The molecule has 1 aliphatic carbocycles. The number of carbonyl (C=O) groups is 3. The molecule has 1 aromatic carbocycles. The number of hydrogen-bond acceptors (Lipinski definition) is 7. The summed E-state index contributed by atoms with van der Waals surface area (Å²) in [6, 6.07) is 8.70. The molecule has 1 aromatic rings. The summed E-state index contributed by atoms with van der Waals surface area (Å²) in [4.78, 5) is 37.5. The monoisotopic (exact) mass is 443 g/mol. The molecule has 0 unspecified atom stereocenters. The standard InChI is InChI=1S/C23H29N3O4S/c1-16(25)19(13-24)20(27)14-30-23(29)18-11-7-8-12-21(18)31-15-22(28)26-17-9-5-3-2-4-6-10-17/h7-8,11-12,17H,2-6,9-10,14-15,25H2,1H3,(H,26,28). The number of Topliss-reactive ketones (excluding diaryl/α,β-unsaturated/α-hetero) is 1. The van der Waals surface area contributed by atoms with Crippen LogP contribution in [0.2, 0.25) is 0 Å². The highest BCUT2D eigenvalue weighted by Crippen LogP contribution is 2.24. The number of esters is 1. The first kappa shape index (κ1) is 24.5. The van der Waals surface area contributed by atoms with E-state index in [1.54, 1.807) is 30.3 Å². The average Bonchev–Trinajstić information content (AvgIpc) is 2.72. The molecular weight excluding hydrogens is 414 g/mol. The van der Waals surface area contributed by atoms with E-state index >= 15 is 0 Å². The second-order valence-corrected chi connectivity index (χ2v) is 8.58. The van der Waals surface area contributed by atoms with Crippen LogP contribution in [-0.2, 0) is 14.3 Å². The maximum atomic E-state index is 12.5. The van der Waals surface area contributed by atoms with E-state index in [2.05, 4.69) is 5.32 Å². The summed E-state index contributed by atoms with van der Waals surface area (Å²) in [7, 11) is 0. The number of nitrogens with zero attached hydrogens (tertiary/aromatic N) is 1. The Labute approximate surface area is 187 Å². The van der Waals surface area contributed by atoms with Crippen molar-refractivity contribution in [3.05, 3.63) is 41.1 Å². The van der Waals surface area contributed by atoms with Crippen LogP contribution in [0, 0.1) is 11.3 Å². The summed E-state index contributed by atoms with van der Waals surface area (Å²) in [6.07, 6.45) is 8.00. The molecular formula is C23H29N3O4S. The minimum Gasteiger partial charge on any atom is -0.454 e. The van der Waals surface area contributed by atoms with Gasteiger partial charge in [-0.1, -0.05) is 44.2 Å². The van der Waals surface area contributed by atoms with E-state index in [-0.39, 0.29) is 34.5 Å². The van der Waals surface area contributed by atoms with E-state index in [0.717, 1.165) is 25.7 Å². The molecule has 0 atom stereocenters. The second-order valence-electron chi connectivity index (χ2n) is 7.56. The molecule has 1 saturated carbocycles. The third kappa shape index (κ3) is 8.10. The van der Waals surface area contributed by atoms with Crippen LogP contribution in [-0.4, -0.2) is 36.1 Å². The molecule has 1 amide bonds. The number of ketones is 1. The molecule has 2 rings (SSSR count). The number of amides is 1. The van der Waals surface area contributed by atoms with Crippen LogP contribution in [0.25, 0.3) is 0 Å². The van der Waals surface area contributed by atoms with Crippen molar-refractivity contribution < 1.29 is 19.1 Å². The first-order valence-electron chi connectivity index (χ1n) is 10.5. The minimum atomic E-state index is -0.691. The summed E-state index contributed by atoms with van der Waals surface area (Å²) < 4.78 is 5.07. The number of nitrogens with one attached hydrogen (secondary N) is 1. The van der Waals surface area contributed by atoms with Crippen molar-refractivity contribution in [1.82, 2.24) is 5.32 Å². The molecule has 7 nitrogen and oxygen atoms in total. The molecule has 0 heterocycles. The number of hydrogen-bond donors (Lipinski definition) is 2. The SMILES string of the molecule is CC(N)=C(C#N)C(=O)COC(=O)c1ccccc1SCC(=O)NC1CCCCCCC1. The van der Waals surface area contributed by atoms with Gasteiger partial charge in [-0.2, -0.15) is 5.26 Å². The first-order chi connectivity index (χ1) is 14.9. The van der Waals surface area contributed by atoms with Gasteiger partial charge in [0.05, 0.1) is 11.3 Å². The molecule has 0 aliphatic heterocycles. The molecule has 0 radical (unpaired) electrons. The van der Waals surface area contributed by atoms with E-state index in [1.165, 1.54) is 37.9 Å². The molecule has 1 aliphatic rings. The van der Waals surface area contributed by atoms with Crippen LogP contribution in [0.1, 0.15) is 62.2 Å². The van der Waals surface area contributed by atoms with Crippen LogP contribution in [0.3, 0.4) is 0 Å². The van der Waals surface area contributed by atoms with Gasteiger partial charge in [-0.25, -0.2) is 4.79 Å². The van der Waals surface area contributed by atoms with Crippen molar-refractivity contribution in [3.8, 4) is 6.07 Å². The second kappa shape index (κ2) is 12.8. The summed E-state index contributed by atoms with van der Waals surface area (Å²) in [5, 5.41) is 12.1. The van der Waals surface area contributed by atoms with Crippen LogP contribution in [0.15, 0.2) is 40.4 Å². The smallest absolute Gasteiger partial charge is 0.339 e. The van der Waals surface area contributed by atoms with Gasteiger partial charge < -0.3 is 15.8 Å². The van der Waals surface area contributed by atoms with Crippen molar-refractivity contribution in [3.63, 3.8) is 0 Å². The topological polar surface area (TPSA) is 122 Å². The van der Waals surface area contributed by atoms with E-state index in [9.17, 15) is 14.4 Å². The highest BCUT2D eigenvalue weighted by atomic mass is 32.2. The lowest BCUT2D eigenvalue weighted by atomic mass is 9.97. The molecule has 0 saturated heterocycles. The number of rotatable bonds is 8. The molecule has 0 spiro atoms. The van der Waals surface area contributed by atoms with Crippen molar-refractivity contribution in [2.24, 2.45) is 5.73 Å². The van der Waals surface area contributed by atoms with E-state index < -0.39 is 18.4 Å². The Hall–Kier alpha value is -2.79. The van der Waals surface area contributed by atoms with Gasteiger partial charge in [0.1, 0.15) is 11.6 Å². The quantitative estimate of drug-likeness (QED) is 0.273. The van der Waals surface area contributed by atoms with Gasteiger partial charge in [-0.05, 0) is 31.9 Å². The Bertz CT molecular complexity index is 864. The van der Waals surface area contributed by atoms with Gasteiger partial charge >= 0.3 is 5.97 Å². The largest absolute Gasteiger partial charge is 0.454 e. The maximum absolute atomic E-state index is 12.5. The Balaban J connectivity index is 1.91. The van der Waals surface area contributed by atoms with Crippen molar-refractivity contribution in [2.45, 2.75) is 62.8 Å². The minimum absolute atomic E-state index is 0.0591. The van der Waals surface area contributed by atoms with E-state index in [0.29, 0.717) is 4.90 Å². The molecule has 166 valence electrons. The maximum Gasteiger partial charge on any atom is 0.339 e. The fourth-order valence-electron chi connectivity index (χ4n) is 3.43. The van der Waals surface area contributed by atoms with Crippen LogP contribution >= 0.6 is 11.8 Å². The zero-order valence-electron chi connectivity index (χ0n) is 17.8. The lowest BCUT2D eigenvalue weighted by molar-refractivity contribution is -0.119. The number of ether oxygens (including phenoxy) is 1. The van der Waals surface area contributed by atoms with E-state index in [1.807, 2.05) is 0 Å². The first-order valence-corrected chi connectivity index (χ1v) is 11.5. The fraction of sp³-hybridized carbons (Fsp3) is 0.478. The van der Waals surface area contributed by atoms with Crippen LogP contribution in [0.4, 0.5) is 0 Å². The summed E-state index contributed by atoms with van der Waals surface area (Å²) in [5.74, 6) is -1.22. The number of carbonyl (C=O) groups excluding carboxylic acids is 3. The highest BCUT2D eigenvalue weighted by molar-refractivity contribution is 8.00. The van der Waals surface area contributed by atoms with Gasteiger partial charge in [0.2, 0.25) is 11.7 Å². The Kier molecular flexibility index (Phi) is 10.1. The molecule has 8 heteroatoms. The summed E-state index contributed by atoms with van der Waals surface area (Å²) in [6.45, 7) is 0.864. The normalized spacial score (nSPS) is 15.6. The molecule has 31 heavy (non-hydrogen) atoms. The Morgan fingerprint density at radius 2 is 1.81 bits per heavy atom.